The third-order valence-corrected chi connectivity index (χ3v) is 5.98. The topological polar surface area (TPSA) is 67.2 Å². The van der Waals surface area contributed by atoms with Gasteiger partial charge in [0.05, 0.1) is 6.54 Å². The van der Waals surface area contributed by atoms with Crippen LogP contribution in [-0.4, -0.2) is 46.0 Å². The highest BCUT2D eigenvalue weighted by atomic mass is 35.5. The van der Waals surface area contributed by atoms with Gasteiger partial charge >= 0.3 is 0 Å². The molecule has 6 nitrogen and oxygen atoms in total. The fraction of sp³-hybridized carbons (Fsp3) is 0.400. The molecule has 1 unspecified atom stereocenters. The number of halogens is 1. The maximum Gasteiger partial charge on any atom is 0.265 e. The van der Waals surface area contributed by atoms with Crippen molar-refractivity contribution in [3.8, 4) is 0 Å². The smallest absolute Gasteiger partial charge is 0.265 e. The van der Waals surface area contributed by atoms with Crippen molar-refractivity contribution in [1.29, 1.82) is 0 Å². The van der Waals surface area contributed by atoms with Gasteiger partial charge in [-0.05, 0) is 75.3 Å². The van der Waals surface area contributed by atoms with Crippen LogP contribution in [0.3, 0.4) is 0 Å². The van der Waals surface area contributed by atoms with Crippen LogP contribution in [0.1, 0.15) is 49.5 Å². The van der Waals surface area contributed by atoms with Crippen LogP contribution in [0.5, 0.6) is 0 Å². The summed E-state index contributed by atoms with van der Waals surface area (Å²) in [7, 11) is 0. The molecule has 170 valence electrons. The summed E-state index contributed by atoms with van der Waals surface area (Å²) in [4.78, 5) is 33.0. The van der Waals surface area contributed by atoms with Crippen LogP contribution in [0.15, 0.2) is 53.5 Å². The maximum absolute atomic E-state index is 13.3. The van der Waals surface area contributed by atoms with E-state index in [9.17, 15) is 9.59 Å². The van der Waals surface area contributed by atoms with E-state index in [1.54, 1.807) is 35.0 Å². The van der Waals surface area contributed by atoms with Crippen LogP contribution >= 0.6 is 11.6 Å². The lowest BCUT2D eigenvalue weighted by molar-refractivity contribution is 0.0935. The van der Waals surface area contributed by atoms with E-state index in [2.05, 4.69) is 29.0 Å². The van der Waals surface area contributed by atoms with Gasteiger partial charge in [0.1, 0.15) is 11.2 Å². The van der Waals surface area contributed by atoms with Crippen LogP contribution in [-0.2, 0) is 6.54 Å². The molecule has 1 amide bonds. The number of carbonyl (C=O) groups is 1. The minimum absolute atomic E-state index is 0.0215. The summed E-state index contributed by atoms with van der Waals surface area (Å²) in [5.74, 6) is -0.346. The van der Waals surface area contributed by atoms with Gasteiger partial charge in [-0.1, -0.05) is 37.6 Å². The Kier molecular flexibility index (Phi) is 8.42. The molecule has 2 heterocycles. The molecule has 0 spiro atoms. The second-order valence-corrected chi connectivity index (χ2v) is 8.47. The van der Waals surface area contributed by atoms with Crippen molar-refractivity contribution in [3.63, 3.8) is 0 Å². The zero-order chi connectivity index (χ0) is 23.1. The summed E-state index contributed by atoms with van der Waals surface area (Å²) in [6.07, 6.45) is 3.50. The van der Waals surface area contributed by atoms with Gasteiger partial charge in [0.25, 0.3) is 11.5 Å². The fourth-order valence-electron chi connectivity index (χ4n) is 3.82. The van der Waals surface area contributed by atoms with Gasteiger partial charge in [0, 0.05) is 22.6 Å². The summed E-state index contributed by atoms with van der Waals surface area (Å²) in [6.45, 7) is 9.64. The predicted octanol–water partition coefficient (Wildman–Crippen LogP) is 4.34. The largest absolute Gasteiger partial charge is 0.349 e. The van der Waals surface area contributed by atoms with Crippen LogP contribution < -0.4 is 10.9 Å². The molecule has 0 saturated carbocycles. The van der Waals surface area contributed by atoms with Gasteiger partial charge in [-0.15, -0.1) is 0 Å². The Morgan fingerprint density at radius 2 is 1.91 bits per heavy atom. The highest BCUT2D eigenvalue weighted by molar-refractivity contribution is 6.30. The van der Waals surface area contributed by atoms with Gasteiger partial charge in [-0.25, -0.2) is 4.98 Å². The number of amides is 1. The van der Waals surface area contributed by atoms with Crippen LogP contribution in [0, 0.1) is 0 Å². The molecule has 32 heavy (non-hydrogen) atoms. The van der Waals surface area contributed by atoms with Gasteiger partial charge < -0.3 is 10.2 Å². The molecule has 1 aromatic carbocycles. The monoisotopic (exact) mass is 454 g/mol. The van der Waals surface area contributed by atoms with Gasteiger partial charge in [-0.3, -0.25) is 14.2 Å². The van der Waals surface area contributed by atoms with Crippen molar-refractivity contribution in [3.05, 3.63) is 75.2 Å². The molecular formula is C25H31ClN4O2. The first-order chi connectivity index (χ1) is 15.4. The standard InChI is InChI=1S/C25H31ClN4O2/c1-4-29(5-2)15-7-8-18(3)28-24(31)22-16-20-9-6-14-27-23(20)30(25(22)32)17-19-10-12-21(26)13-11-19/h6,9-14,16,18H,4-5,7-8,15,17H2,1-3H3,(H,28,31). The number of nitrogens with zero attached hydrogens (tertiary/aromatic N) is 3. The molecule has 2 aromatic heterocycles. The summed E-state index contributed by atoms with van der Waals surface area (Å²) in [5, 5.41) is 4.38. The van der Waals surface area contributed by atoms with Crippen molar-refractivity contribution in [2.24, 2.45) is 0 Å². The minimum atomic E-state index is -0.348. The van der Waals surface area contributed by atoms with E-state index in [1.807, 2.05) is 25.1 Å². The second kappa shape index (κ2) is 11.2. The Morgan fingerprint density at radius 3 is 2.59 bits per heavy atom. The number of hydrogen-bond donors (Lipinski definition) is 1. The van der Waals surface area contributed by atoms with E-state index in [1.165, 1.54) is 0 Å². The number of hydrogen-bond acceptors (Lipinski definition) is 4. The lowest BCUT2D eigenvalue weighted by Gasteiger charge is -2.20. The molecule has 1 atom stereocenters. The van der Waals surface area contributed by atoms with Crippen LogP contribution in [0.25, 0.3) is 11.0 Å². The van der Waals surface area contributed by atoms with Crippen molar-refractivity contribution in [2.75, 3.05) is 19.6 Å². The normalized spacial score (nSPS) is 12.3. The molecule has 0 aliphatic rings. The molecule has 0 fully saturated rings. The molecule has 7 heteroatoms. The molecule has 3 aromatic rings. The molecule has 0 bridgehead atoms. The Labute approximate surface area is 194 Å². The van der Waals surface area contributed by atoms with Crippen molar-refractivity contribution >= 4 is 28.5 Å². The number of fused-ring (bicyclic) bond motifs is 1. The van der Waals surface area contributed by atoms with Gasteiger partial charge in [-0.2, -0.15) is 0 Å². The third kappa shape index (κ3) is 5.96. The lowest BCUT2D eigenvalue weighted by Crippen LogP contribution is -2.38. The van der Waals surface area contributed by atoms with Gasteiger partial charge in [0.2, 0.25) is 0 Å². The van der Waals surface area contributed by atoms with E-state index < -0.39 is 0 Å². The second-order valence-electron chi connectivity index (χ2n) is 8.04. The molecular weight excluding hydrogens is 424 g/mol. The Bertz CT molecular complexity index is 1110. The Morgan fingerprint density at radius 1 is 1.19 bits per heavy atom. The highest BCUT2D eigenvalue weighted by Crippen LogP contribution is 2.15. The average molecular weight is 455 g/mol. The van der Waals surface area contributed by atoms with Crippen LogP contribution in [0.4, 0.5) is 0 Å². The first-order valence-electron chi connectivity index (χ1n) is 11.2. The Balaban J connectivity index is 1.82. The van der Waals surface area contributed by atoms with Crippen LogP contribution in [0.2, 0.25) is 5.02 Å². The third-order valence-electron chi connectivity index (χ3n) is 5.73. The molecule has 0 saturated heterocycles. The first kappa shape index (κ1) is 24.0. The molecule has 0 aliphatic carbocycles. The number of benzene rings is 1. The van der Waals surface area contributed by atoms with Crippen molar-refractivity contribution in [1.82, 2.24) is 19.8 Å². The summed E-state index contributed by atoms with van der Waals surface area (Å²) >= 11 is 5.99. The number of rotatable bonds is 10. The van der Waals surface area contributed by atoms with Gasteiger partial charge in [0.15, 0.2) is 0 Å². The maximum atomic E-state index is 13.3. The predicted molar refractivity (Wildman–Crippen MR) is 131 cm³/mol. The van der Waals surface area contributed by atoms with E-state index in [0.717, 1.165) is 43.4 Å². The van der Waals surface area contributed by atoms with Crippen molar-refractivity contribution in [2.45, 2.75) is 46.2 Å². The van der Waals surface area contributed by atoms with E-state index >= 15 is 0 Å². The summed E-state index contributed by atoms with van der Waals surface area (Å²) in [5.41, 5.74) is 1.25. The SMILES string of the molecule is CCN(CC)CCCC(C)NC(=O)c1cc2cccnc2n(Cc2ccc(Cl)cc2)c1=O. The number of aromatic nitrogens is 2. The number of carbonyl (C=O) groups excluding carboxylic acids is 1. The van der Waals surface area contributed by atoms with E-state index in [0.29, 0.717) is 17.2 Å². The molecule has 0 radical (unpaired) electrons. The number of nitrogens with one attached hydrogen (secondary N) is 1. The first-order valence-corrected chi connectivity index (χ1v) is 11.6. The summed E-state index contributed by atoms with van der Waals surface area (Å²) in [6, 6.07) is 12.6. The van der Waals surface area contributed by atoms with E-state index in [-0.39, 0.29) is 23.1 Å². The Hall–Kier alpha value is -2.70. The highest BCUT2D eigenvalue weighted by Gasteiger charge is 2.18. The fourth-order valence-corrected chi connectivity index (χ4v) is 3.95. The number of pyridine rings is 2. The van der Waals surface area contributed by atoms with E-state index in [4.69, 9.17) is 11.6 Å². The molecule has 0 aliphatic heterocycles. The summed E-state index contributed by atoms with van der Waals surface area (Å²) < 4.78 is 1.55. The van der Waals surface area contributed by atoms with Crippen molar-refractivity contribution < 1.29 is 4.79 Å². The zero-order valence-corrected chi connectivity index (χ0v) is 19.7. The zero-order valence-electron chi connectivity index (χ0n) is 19.0. The lowest BCUT2D eigenvalue weighted by atomic mass is 10.1. The molecule has 3 rings (SSSR count). The average Bonchev–Trinajstić information content (AvgIpc) is 2.79. The molecule has 1 N–H and O–H groups in total. The minimum Gasteiger partial charge on any atom is -0.349 e. The quantitative estimate of drug-likeness (QED) is 0.495.